The van der Waals surface area contributed by atoms with Gasteiger partial charge in [0.05, 0.1) is 18.0 Å². The number of carbonyl (C=O) groups excluding carboxylic acids is 1. The van der Waals surface area contributed by atoms with Crippen molar-refractivity contribution in [2.75, 3.05) is 5.32 Å². The molecule has 1 aliphatic carbocycles. The van der Waals surface area contributed by atoms with Crippen LogP contribution >= 0.6 is 0 Å². The van der Waals surface area contributed by atoms with E-state index in [0.717, 1.165) is 17.5 Å². The van der Waals surface area contributed by atoms with E-state index in [1.165, 1.54) is 12.8 Å². The van der Waals surface area contributed by atoms with Gasteiger partial charge in [-0.25, -0.2) is 9.53 Å². The van der Waals surface area contributed by atoms with E-state index >= 15 is 0 Å². The molecular weight excluding hydrogens is 450 g/mol. The average Bonchev–Trinajstić information content (AvgIpc) is 3.66. The summed E-state index contributed by atoms with van der Waals surface area (Å²) in [5.74, 6) is 0.345. The van der Waals surface area contributed by atoms with Crippen LogP contribution in [0.25, 0.3) is 10.5 Å². The lowest BCUT2D eigenvalue weighted by atomic mass is 9.82. The molecule has 180 valence electrons. The number of carbonyl (C=O) groups is 1. The molecule has 0 bridgehead atoms. The van der Waals surface area contributed by atoms with Crippen LogP contribution in [0.5, 0.6) is 0 Å². The van der Waals surface area contributed by atoms with Crippen molar-refractivity contribution in [1.82, 2.24) is 14.8 Å². The summed E-state index contributed by atoms with van der Waals surface area (Å²) >= 11 is 0. The molecule has 7 nitrogen and oxygen atoms in total. The van der Waals surface area contributed by atoms with E-state index in [-0.39, 0.29) is 5.91 Å². The number of aryl methyl sites for hydroxylation is 1. The molecule has 2 N–H and O–H groups in total. The molecular formula is C29H27N5O2. The Hall–Kier alpha value is -4.28. The highest BCUT2D eigenvalue weighted by Gasteiger charge is 2.34. The van der Waals surface area contributed by atoms with E-state index in [9.17, 15) is 9.90 Å². The third-order valence-corrected chi connectivity index (χ3v) is 6.63. The van der Waals surface area contributed by atoms with Gasteiger partial charge in [-0.15, -0.1) is 0 Å². The molecule has 0 saturated heterocycles. The van der Waals surface area contributed by atoms with Gasteiger partial charge in [0, 0.05) is 18.1 Å². The van der Waals surface area contributed by atoms with Crippen LogP contribution in [0, 0.1) is 19.4 Å². The van der Waals surface area contributed by atoms with Crippen LogP contribution in [0.3, 0.4) is 0 Å². The molecule has 1 saturated carbocycles. The number of nitrogens with one attached hydrogen (secondary N) is 1. The second-order valence-electron chi connectivity index (χ2n) is 9.33. The Labute approximate surface area is 210 Å². The first-order chi connectivity index (χ1) is 17.5. The largest absolute Gasteiger partial charge is 0.380 e. The molecule has 2 heterocycles. The van der Waals surface area contributed by atoms with Gasteiger partial charge in [-0.2, -0.15) is 5.10 Å². The van der Waals surface area contributed by atoms with E-state index < -0.39 is 5.60 Å². The Morgan fingerprint density at radius 3 is 2.64 bits per heavy atom. The number of anilines is 1. The van der Waals surface area contributed by atoms with Gasteiger partial charge >= 0.3 is 0 Å². The van der Waals surface area contributed by atoms with Gasteiger partial charge in [0.2, 0.25) is 0 Å². The van der Waals surface area contributed by atoms with Crippen molar-refractivity contribution in [2.24, 2.45) is 5.92 Å². The number of benzene rings is 2. The van der Waals surface area contributed by atoms with Crippen LogP contribution in [0.2, 0.25) is 0 Å². The first-order valence-electron chi connectivity index (χ1n) is 12.1. The van der Waals surface area contributed by atoms with E-state index in [2.05, 4.69) is 20.2 Å². The molecule has 1 fully saturated rings. The molecule has 1 unspecified atom stereocenters. The fourth-order valence-corrected chi connectivity index (χ4v) is 4.50. The van der Waals surface area contributed by atoms with Crippen molar-refractivity contribution in [3.8, 4) is 5.69 Å². The van der Waals surface area contributed by atoms with Gasteiger partial charge in [0.15, 0.2) is 5.69 Å². The van der Waals surface area contributed by atoms with Crippen LogP contribution in [0.1, 0.15) is 53.0 Å². The molecule has 1 amide bonds. The van der Waals surface area contributed by atoms with Crippen LogP contribution < -0.4 is 5.32 Å². The molecule has 1 aliphatic rings. The zero-order valence-corrected chi connectivity index (χ0v) is 20.1. The smallest absolute Gasteiger partial charge is 0.274 e. The molecule has 1 atom stereocenters. The van der Waals surface area contributed by atoms with Crippen molar-refractivity contribution in [1.29, 1.82) is 0 Å². The summed E-state index contributed by atoms with van der Waals surface area (Å²) in [6.07, 6.45) is 7.36. The fourth-order valence-electron chi connectivity index (χ4n) is 4.50. The lowest BCUT2D eigenvalue weighted by Crippen LogP contribution is -2.28. The quantitative estimate of drug-likeness (QED) is 0.314. The first-order valence-corrected chi connectivity index (χ1v) is 12.1. The highest BCUT2D eigenvalue weighted by molar-refractivity contribution is 6.03. The Balaban J connectivity index is 1.44. The molecule has 2 aromatic heterocycles. The second kappa shape index (κ2) is 9.76. The molecule has 0 aliphatic heterocycles. The zero-order chi connectivity index (χ0) is 25.1. The topological polar surface area (TPSA) is 84.4 Å². The van der Waals surface area contributed by atoms with Gasteiger partial charge in [0.1, 0.15) is 11.3 Å². The van der Waals surface area contributed by atoms with Gasteiger partial charge < -0.3 is 10.4 Å². The first kappa shape index (κ1) is 23.5. The zero-order valence-electron chi connectivity index (χ0n) is 20.1. The summed E-state index contributed by atoms with van der Waals surface area (Å²) in [5, 5.41) is 19.3. The van der Waals surface area contributed by atoms with Gasteiger partial charge in [-0.1, -0.05) is 37.1 Å². The molecule has 5 rings (SSSR count). The Bertz CT molecular complexity index is 1440. The number of amides is 1. The number of hydrogen-bond donors (Lipinski definition) is 2. The summed E-state index contributed by atoms with van der Waals surface area (Å²) in [7, 11) is 0. The minimum Gasteiger partial charge on any atom is -0.380 e. The van der Waals surface area contributed by atoms with Crippen molar-refractivity contribution >= 4 is 17.3 Å². The monoisotopic (exact) mass is 477 g/mol. The molecule has 36 heavy (non-hydrogen) atoms. The molecule has 2 aromatic carbocycles. The van der Waals surface area contributed by atoms with Gasteiger partial charge in [0.25, 0.3) is 5.91 Å². The number of aromatic nitrogens is 3. The molecule has 0 radical (unpaired) electrons. The standard InChI is InChI=1S/C29H27N5O2/c1-20-17-27(34(33-20)26-8-4-6-24(19-26)30-2)28(35)32-25-7-3-5-23(18-25)29(36,14-11-21-9-10-21)22-12-15-31-16-13-22/h3-8,12-13,15-19,21,36H,9-11,14H2,1H3,(H,32,35). The predicted molar refractivity (Wildman–Crippen MR) is 138 cm³/mol. The summed E-state index contributed by atoms with van der Waals surface area (Å²) < 4.78 is 1.55. The number of nitrogens with zero attached hydrogens (tertiary/aromatic N) is 4. The molecule has 7 heteroatoms. The maximum absolute atomic E-state index is 13.3. The highest BCUT2D eigenvalue weighted by atomic mass is 16.3. The van der Waals surface area contributed by atoms with Gasteiger partial charge in [-0.3, -0.25) is 9.78 Å². The molecule has 0 spiro atoms. The van der Waals surface area contributed by atoms with E-state index in [4.69, 9.17) is 6.57 Å². The van der Waals surface area contributed by atoms with E-state index in [1.807, 2.05) is 49.4 Å². The maximum Gasteiger partial charge on any atom is 0.274 e. The number of rotatable bonds is 8. The van der Waals surface area contributed by atoms with Crippen molar-refractivity contribution < 1.29 is 9.90 Å². The van der Waals surface area contributed by atoms with Crippen molar-refractivity contribution in [3.63, 3.8) is 0 Å². The van der Waals surface area contributed by atoms with E-state index in [1.54, 1.807) is 41.3 Å². The predicted octanol–water partition coefficient (Wildman–Crippen LogP) is 5.80. The summed E-state index contributed by atoms with van der Waals surface area (Å²) in [6.45, 7) is 9.10. The third kappa shape index (κ3) is 4.90. The normalized spacial score (nSPS) is 14.6. The minimum atomic E-state index is -1.18. The number of aliphatic hydroxyl groups is 1. The maximum atomic E-state index is 13.3. The Morgan fingerprint density at radius 1 is 1.11 bits per heavy atom. The fraction of sp³-hybridized carbons (Fsp3) is 0.241. The van der Waals surface area contributed by atoms with E-state index in [0.29, 0.717) is 40.8 Å². The summed E-state index contributed by atoms with van der Waals surface area (Å²) in [4.78, 5) is 20.9. The average molecular weight is 478 g/mol. The number of pyridine rings is 1. The lowest BCUT2D eigenvalue weighted by molar-refractivity contribution is 0.0669. The van der Waals surface area contributed by atoms with Crippen LogP contribution in [-0.2, 0) is 5.60 Å². The second-order valence-corrected chi connectivity index (χ2v) is 9.33. The third-order valence-electron chi connectivity index (χ3n) is 6.63. The Kier molecular flexibility index (Phi) is 6.36. The van der Waals surface area contributed by atoms with Gasteiger partial charge in [-0.05, 0) is 79.3 Å². The van der Waals surface area contributed by atoms with Crippen LogP contribution in [0.15, 0.2) is 79.1 Å². The number of hydrogen-bond acceptors (Lipinski definition) is 4. The van der Waals surface area contributed by atoms with Crippen LogP contribution in [0.4, 0.5) is 11.4 Å². The minimum absolute atomic E-state index is 0.327. The highest BCUT2D eigenvalue weighted by Crippen LogP contribution is 2.41. The summed E-state index contributed by atoms with van der Waals surface area (Å²) in [5.41, 5.74) is 3.08. The molecule has 4 aromatic rings. The lowest BCUT2D eigenvalue weighted by Gasteiger charge is -2.30. The van der Waals surface area contributed by atoms with Crippen LogP contribution in [-0.4, -0.2) is 25.8 Å². The van der Waals surface area contributed by atoms with Crippen molar-refractivity contribution in [3.05, 3.63) is 113 Å². The summed E-state index contributed by atoms with van der Waals surface area (Å²) in [6, 6.07) is 19.8. The SMILES string of the molecule is [C-]#[N+]c1cccc(-n2nc(C)cc2C(=O)Nc2cccc(C(O)(CCC3CC3)c3ccncc3)c2)c1. The Morgan fingerprint density at radius 2 is 1.89 bits per heavy atom. The van der Waals surface area contributed by atoms with Crippen molar-refractivity contribution in [2.45, 2.75) is 38.2 Å².